The Morgan fingerprint density at radius 2 is 1.94 bits per heavy atom. The average Bonchev–Trinajstić information content (AvgIpc) is 3.48. The van der Waals surface area contributed by atoms with E-state index in [0.717, 1.165) is 15.8 Å². The minimum atomic E-state index is -0.308. The first-order valence-electron chi connectivity index (χ1n) is 10.5. The zero-order valence-electron chi connectivity index (χ0n) is 18.1. The van der Waals surface area contributed by atoms with Crippen molar-refractivity contribution < 1.29 is 18.7 Å². The zero-order valence-corrected chi connectivity index (χ0v) is 19.0. The first-order chi connectivity index (χ1) is 16.2. The largest absolute Gasteiger partial charge is 0.494 e. The van der Waals surface area contributed by atoms with E-state index in [1.165, 1.54) is 11.3 Å². The number of benzene rings is 2. The third kappa shape index (κ3) is 4.01. The molecule has 0 fully saturated rings. The quantitative estimate of drug-likeness (QED) is 0.311. The number of thiazole rings is 1. The number of furan rings is 1. The van der Waals surface area contributed by atoms with E-state index in [9.17, 15) is 4.79 Å². The fraction of sp³-hybridized carbons (Fsp3) is 0.160. The van der Waals surface area contributed by atoms with Crippen molar-refractivity contribution in [2.45, 2.75) is 13.5 Å². The molecule has 3 aromatic heterocycles. The van der Waals surface area contributed by atoms with E-state index in [2.05, 4.69) is 4.98 Å². The van der Waals surface area contributed by atoms with Gasteiger partial charge in [-0.05, 0) is 43.3 Å². The van der Waals surface area contributed by atoms with Gasteiger partial charge >= 0.3 is 0 Å². The van der Waals surface area contributed by atoms with E-state index in [0.29, 0.717) is 34.3 Å². The molecule has 0 aliphatic rings. The van der Waals surface area contributed by atoms with Crippen LogP contribution in [0.15, 0.2) is 71.3 Å². The number of amides is 1. The van der Waals surface area contributed by atoms with Gasteiger partial charge in [-0.25, -0.2) is 4.98 Å². The number of aromatic nitrogens is 2. The van der Waals surface area contributed by atoms with Crippen molar-refractivity contribution in [2.24, 2.45) is 0 Å². The fourth-order valence-corrected chi connectivity index (χ4v) is 4.60. The Hall–Kier alpha value is -3.91. The van der Waals surface area contributed by atoms with Crippen molar-refractivity contribution in [1.29, 1.82) is 0 Å². The maximum atomic E-state index is 13.7. The second kappa shape index (κ2) is 8.91. The number of hydrogen-bond donors (Lipinski definition) is 0. The summed E-state index contributed by atoms with van der Waals surface area (Å²) in [6.07, 6.45) is 1.70. The number of hydrogen-bond acceptors (Lipinski definition) is 7. The Labute approximate surface area is 194 Å². The van der Waals surface area contributed by atoms with Crippen LogP contribution in [-0.2, 0) is 6.54 Å². The van der Waals surface area contributed by atoms with Crippen molar-refractivity contribution in [1.82, 2.24) is 9.97 Å². The van der Waals surface area contributed by atoms with Crippen LogP contribution in [0.1, 0.15) is 23.2 Å². The molecular weight excluding hydrogens is 438 g/mol. The minimum Gasteiger partial charge on any atom is -0.494 e. The SMILES string of the molecule is CCOc1cccc2cc(C(=O)N(Cc3ccccn3)c3nc4c(OC)cccc4s3)oc12. The molecule has 1 amide bonds. The van der Waals surface area contributed by atoms with E-state index >= 15 is 0 Å². The predicted octanol–water partition coefficient (Wildman–Crippen LogP) is 5.69. The maximum Gasteiger partial charge on any atom is 0.296 e. The molecule has 5 rings (SSSR count). The summed E-state index contributed by atoms with van der Waals surface area (Å²) < 4.78 is 18.0. The van der Waals surface area contributed by atoms with Gasteiger partial charge in [0.15, 0.2) is 22.2 Å². The molecule has 0 N–H and O–H groups in total. The average molecular weight is 460 g/mol. The van der Waals surface area contributed by atoms with Gasteiger partial charge in [-0.1, -0.05) is 35.6 Å². The van der Waals surface area contributed by atoms with E-state index in [4.69, 9.17) is 18.9 Å². The molecule has 33 heavy (non-hydrogen) atoms. The number of ether oxygens (including phenoxy) is 2. The van der Waals surface area contributed by atoms with Crippen LogP contribution in [0.5, 0.6) is 11.5 Å². The summed E-state index contributed by atoms with van der Waals surface area (Å²) in [4.78, 5) is 24.4. The molecule has 166 valence electrons. The molecule has 0 aliphatic heterocycles. The van der Waals surface area contributed by atoms with Crippen molar-refractivity contribution in [3.8, 4) is 11.5 Å². The molecule has 0 spiro atoms. The van der Waals surface area contributed by atoms with Crippen LogP contribution < -0.4 is 14.4 Å². The van der Waals surface area contributed by atoms with Gasteiger partial charge in [-0.3, -0.25) is 14.7 Å². The lowest BCUT2D eigenvalue weighted by Gasteiger charge is -2.18. The standard InChI is InChI=1S/C25H21N3O4S/c1-3-31-19-11-6-8-16-14-20(32-23(16)19)24(29)28(15-17-9-4-5-13-26-17)25-27-22-18(30-2)10-7-12-21(22)33-25/h4-14H,3,15H2,1-2H3. The summed E-state index contributed by atoms with van der Waals surface area (Å²) >= 11 is 1.42. The van der Waals surface area contributed by atoms with Crippen LogP contribution in [0.3, 0.4) is 0 Å². The molecule has 8 heteroatoms. The van der Waals surface area contributed by atoms with Crippen molar-refractivity contribution in [2.75, 3.05) is 18.6 Å². The van der Waals surface area contributed by atoms with Gasteiger partial charge in [-0.15, -0.1) is 0 Å². The summed E-state index contributed by atoms with van der Waals surface area (Å²) in [6, 6.07) is 18.7. The van der Waals surface area contributed by atoms with Gasteiger partial charge in [0.25, 0.3) is 5.91 Å². The van der Waals surface area contributed by atoms with Gasteiger partial charge in [-0.2, -0.15) is 0 Å². The Morgan fingerprint density at radius 3 is 2.73 bits per heavy atom. The van der Waals surface area contributed by atoms with Crippen LogP contribution in [0.4, 0.5) is 5.13 Å². The second-order valence-corrected chi connectivity index (χ2v) is 8.24. The van der Waals surface area contributed by atoms with Crippen LogP contribution in [0.2, 0.25) is 0 Å². The number of rotatable bonds is 7. The first kappa shape index (κ1) is 21.0. The maximum absolute atomic E-state index is 13.7. The molecule has 0 atom stereocenters. The van der Waals surface area contributed by atoms with Crippen molar-refractivity contribution >= 4 is 43.6 Å². The first-order valence-corrected chi connectivity index (χ1v) is 11.3. The highest BCUT2D eigenvalue weighted by molar-refractivity contribution is 7.22. The van der Waals surface area contributed by atoms with Crippen LogP contribution in [-0.4, -0.2) is 29.6 Å². The van der Waals surface area contributed by atoms with Gasteiger partial charge in [0.1, 0.15) is 11.3 Å². The molecule has 2 aromatic carbocycles. The van der Waals surface area contributed by atoms with Gasteiger partial charge in [0.05, 0.1) is 30.7 Å². The summed E-state index contributed by atoms with van der Waals surface area (Å²) in [5.41, 5.74) is 2.00. The highest BCUT2D eigenvalue weighted by atomic mass is 32.1. The van der Waals surface area contributed by atoms with E-state index in [-0.39, 0.29) is 18.2 Å². The number of fused-ring (bicyclic) bond motifs is 2. The Bertz CT molecular complexity index is 1430. The molecule has 0 radical (unpaired) electrons. The Kier molecular flexibility index (Phi) is 5.66. The van der Waals surface area contributed by atoms with Gasteiger partial charge in [0, 0.05) is 11.6 Å². The lowest BCUT2D eigenvalue weighted by Crippen LogP contribution is -2.30. The fourth-order valence-electron chi connectivity index (χ4n) is 3.62. The number of nitrogens with zero attached hydrogens (tertiary/aromatic N) is 3. The van der Waals surface area contributed by atoms with Crippen molar-refractivity contribution in [3.63, 3.8) is 0 Å². The second-order valence-electron chi connectivity index (χ2n) is 7.23. The Morgan fingerprint density at radius 1 is 1.09 bits per heavy atom. The predicted molar refractivity (Wildman–Crippen MR) is 128 cm³/mol. The number of carbonyl (C=O) groups excluding carboxylic acids is 1. The smallest absolute Gasteiger partial charge is 0.296 e. The lowest BCUT2D eigenvalue weighted by molar-refractivity contribution is 0.0960. The monoisotopic (exact) mass is 459 g/mol. The highest BCUT2D eigenvalue weighted by Crippen LogP contribution is 2.36. The van der Waals surface area contributed by atoms with Crippen LogP contribution in [0.25, 0.3) is 21.2 Å². The molecule has 3 heterocycles. The molecule has 0 saturated carbocycles. The number of methoxy groups -OCH3 is 1. The van der Waals surface area contributed by atoms with E-state index in [1.807, 2.05) is 61.5 Å². The normalized spacial score (nSPS) is 11.1. The molecular formula is C25H21N3O4S. The number of anilines is 1. The summed E-state index contributed by atoms with van der Waals surface area (Å²) in [6.45, 7) is 2.66. The summed E-state index contributed by atoms with van der Waals surface area (Å²) in [7, 11) is 1.61. The molecule has 0 bridgehead atoms. The third-order valence-electron chi connectivity index (χ3n) is 5.13. The van der Waals surface area contributed by atoms with E-state index < -0.39 is 0 Å². The number of carbonyl (C=O) groups is 1. The van der Waals surface area contributed by atoms with Crippen LogP contribution >= 0.6 is 11.3 Å². The lowest BCUT2D eigenvalue weighted by atomic mass is 10.2. The van der Waals surface area contributed by atoms with Gasteiger partial charge < -0.3 is 13.9 Å². The molecule has 0 aliphatic carbocycles. The van der Waals surface area contributed by atoms with Gasteiger partial charge in [0.2, 0.25) is 0 Å². The van der Waals surface area contributed by atoms with Crippen LogP contribution in [0, 0.1) is 0 Å². The summed E-state index contributed by atoms with van der Waals surface area (Å²) in [5, 5.41) is 1.34. The molecule has 7 nitrogen and oxygen atoms in total. The Balaban J connectivity index is 1.59. The number of pyridine rings is 1. The minimum absolute atomic E-state index is 0.208. The highest BCUT2D eigenvalue weighted by Gasteiger charge is 2.26. The van der Waals surface area contributed by atoms with Crippen molar-refractivity contribution in [3.05, 3.63) is 78.3 Å². The van der Waals surface area contributed by atoms with E-state index in [1.54, 1.807) is 24.3 Å². The molecule has 5 aromatic rings. The number of para-hydroxylation sites is 2. The molecule has 0 unspecified atom stereocenters. The molecule has 0 saturated heterocycles. The topological polar surface area (TPSA) is 77.7 Å². The summed E-state index contributed by atoms with van der Waals surface area (Å²) in [5.74, 6) is 1.16. The zero-order chi connectivity index (χ0) is 22.8. The third-order valence-corrected chi connectivity index (χ3v) is 6.18.